The van der Waals surface area contributed by atoms with Crippen molar-refractivity contribution in [1.82, 2.24) is 5.32 Å². The summed E-state index contributed by atoms with van der Waals surface area (Å²) in [5, 5.41) is 13.3. The summed E-state index contributed by atoms with van der Waals surface area (Å²) in [6.45, 7) is 0. The Balaban J connectivity index is 1.86. The lowest BCUT2D eigenvalue weighted by Gasteiger charge is -1.99. The molecule has 1 amide bonds. The fourth-order valence-electron chi connectivity index (χ4n) is 1.90. The van der Waals surface area contributed by atoms with Crippen molar-refractivity contribution in [2.45, 2.75) is 0 Å². The average Bonchev–Trinajstić information content (AvgIpc) is 2.85. The third kappa shape index (κ3) is 3.69. The zero-order valence-corrected chi connectivity index (χ0v) is 13.9. The number of rotatable bonds is 2. The van der Waals surface area contributed by atoms with Gasteiger partial charge in [-0.3, -0.25) is 4.79 Å². The molecule has 2 aromatic carbocycles. The summed E-state index contributed by atoms with van der Waals surface area (Å²) in [7, 11) is 0. The molecule has 0 unspecified atom stereocenters. The first-order chi connectivity index (χ1) is 11.0. The molecule has 1 aliphatic heterocycles. The number of hydrogen-bond donors (Lipinski definition) is 2. The van der Waals surface area contributed by atoms with E-state index in [0.29, 0.717) is 26.3 Å². The molecular weight excluding hydrogens is 355 g/mol. The Morgan fingerprint density at radius 1 is 1.13 bits per heavy atom. The Morgan fingerprint density at radius 3 is 2.65 bits per heavy atom. The SMILES string of the molecule is O=C1N/C(=N\c2ccccc2Cl)S/C1=C\c1ccc(O)c(Cl)c1. The quantitative estimate of drug-likeness (QED) is 0.766. The number of hydrogen-bond acceptors (Lipinski definition) is 4. The second-order valence-corrected chi connectivity index (χ2v) is 6.49. The zero-order valence-electron chi connectivity index (χ0n) is 11.6. The highest BCUT2D eigenvalue weighted by Crippen LogP contribution is 2.32. The number of thioether (sulfide) groups is 1. The van der Waals surface area contributed by atoms with E-state index < -0.39 is 0 Å². The van der Waals surface area contributed by atoms with Crippen molar-refractivity contribution in [3.63, 3.8) is 0 Å². The Kier molecular flexibility index (Phi) is 4.61. The van der Waals surface area contributed by atoms with Crippen molar-refractivity contribution in [3.8, 4) is 5.75 Å². The van der Waals surface area contributed by atoms with E-state index in [2.05, 4.69) is 10.3 Å². The average molecular weight is 365 g/mol. The predicted molar refractivity (Wildman–Crippen MR) is 95.4 cm³/mol. The number of halogens is 2. The van der Waals surface area contributed by atoms with Crippen LogP contribution in [-0.2, 0) is 4.79 Å². The number of para-hydroxylation sites is 1. The molecule has 2 N–H and O–H groups in total. The molecule has 2 aromatic rings. The maximum atomic E-state index is 12.0. The van der Waals surface area contributed by atoms with E-state index in [9.17, 15) is 9.90 Å². The van der Waals surface area contributed by atoms with Gasteiger partial charge in [-0.15, -0.1) is 0 Å². The van der Waals surface area contributed by atoms with E-state index >= 15 is 0 Å². The normalized spacial score (nSPS) is 17.7. The molecule has 23 heavy (non-hydrogen) atoms. The zero-order chi connectivity index (χ0) is 16.4. The van der Waals surface area contributed by atoms with Gasteiger partial charge in [-0.05, 0) is 47.7 Å². The van der Waals surface area contributed by atoms with Crippen LogP contribution in [0.1, 0.15) is 5.56 Å². The topological polar surface area (TPSA) is 61.7 Å². The summed E-state index contributed by atoms with van der Waals surface area (Å²) in [6.07, 6.45) is 1.68. The number of amidine groups is 1. The van der Waals surface area contributed by atoms with Crippen LogP contribution < -0.4 is 5.32 Å². The lowest BCUT2D eigenvalue weighted by Crippen LogP contribution is -2.19. The molecule has 3 rings (SSSR count). The monoisotopic (exact) mass is 364 g/mol. The first-order valence-corrected chi connectivity index (χ1v) is 8.13. The molecule has 116 valence electrons. The minimum Gasteiger partial charge on any atom is -0.506 e. The van der Waals surface area contributed by atoms with E-state index in [1.807, 2.05) is 12.1 Å². The molecule has 1 heterocycles. The first-order valence-electron chi connectivity index (χ1n) is 6.55. The Labute approximate surface area is 146 Å². The summed E-state index contributed by atoms with van der Waals surface area (Å²) in [4.78, 5) is 16.8. The van der Waals surface area contributed by atoms with Gasteiger partial charge in [0.25, 0.3) is 5.91 Å². The Hall–Kier alpha value is -1.95. The highest BCUT2D eigenvalue weighted by Gasteiger charge is 2.24. The Morgan fingerprint density at radius 2 is 1.91 bits per heavy atom. The minimum absolute atomic E-state index is 0.00156. The molecular formula is C16H10Cl2N2O2S. The van der Waals surface area contributed by atoms with E-state index in [-0.39, 0.29) is 16.7 Å². The number of amides is 1. The van der Waals surface area contributed by atoms with Crippen molar-refractivity contribution in [1.29, 1.82) is 0 Å². The molecule has 0 spiro atoms. The molecule has 0 bridgehead atoms. The van der Waals surface area contributed by atoms with Crippen LogP contribution in [0.25, 0.3) is 6.08 Å². The summed E-state index contributed by atoms with van der Waals surface area (Å²) < 4.78 is 0. The van der Waals surface area contributed by atoms with Crippen LogP contribution >= 0.6 is 35.0 Å². The number of carbonyl (C=O) groups excluding carboxylic acids is 1. The number of phenolic OH excluding ortho intramolecular Hbond substituents is 1. The number of nitrogens with one attached hydrogen (secondary N) is 1. The summed E-state index contributed by atoms with van der Waals surface area (Å²) >= 11 is 13.1. The molecule has 4 nitrogen and oxygen atoms in total. The summed E-state index contributed by atoms with van der Waals surface area (Å²) in [5.41, 5.74) is 1.30. The van der Waals surface area contributed by atoms with Gasteiger partial charge in [0, 0.05) is 0 Å². The van der Waals surface area contributed by atoms with Gasteiger partial charge in [-0.25, -0.2) is 4.99 Å². The van der Waals surface area contributed by atoms with E-state index in [1.165, 1.54) is 17.8 Å². The van der Waals surface area contributed by atoms with Gasteiger partial charge in [-0.2, -0.15) is 0 Å². The van der Waals surface area contributed by atoms with Gasteiger partial charge in [0.05, 0.1) is 20.6 Å². The summed E-state index contributed by atoms with van der Waals surface area (Å²) in [6, 6.07) is 11.9. The third-order valence-corrected chi connectivity index (χ3v) is 4.53. The largest absolute Gasteiger partial charge is 0.506 e. The molecule has 0 aliphatic carbocycles. The predicted octanol–water partition coefficient (Wildman–Crippen LogP) is 4.59. The standard InChI is InChI=1S/C16H10Cl2N2O2S/c17-10-3-1-2-4-12(10)19-16-20-15(22)14(23-16)8-9-5-6-13(21)11(18)7-9/h1-8,21H,(H,19,20,22)/b14-8-. The van der Waals surface area contributed by atoms with E-state index in [0.717, 1.165) is 0 Å². The van der Waals surface area contributed by atoms with Gasteiger partial charge >= 0.3 is 0 Å². The van der Waals surface area contributed by atoms with Crippen LogP contribution in [0, 0.1) is 0 Å². The highest BCUT2D eigenvalue weighted by atomic mass is 35.5. The van der Waals surface area contributed by atoms with E-state index in [4.69, 9.17) is 23.2 Å². The van der Waals surface area contributed by atoms with Crippen molar-refractivity contribution in [2.75, 3.05) is 0 Å². The number of phenols is 1. The fraction of sp³-hybridized carbons (Fsp3) is 0. The highest BCUT2D eigenvalue weighted by molar-refractivity contribution is 8.18. The van der Waals surface area contributed by atoms with Crippen LogP contribution in [0.3, 0.4) is 0 Å². The molecule has 0 radical (unpaired) electrons. The number of nitrogens with zero attached hydrogens (tertiary/aromatic N) is 1. The third-order valence-electron chi connectivity index (χ3n) is 2.99. The number of aromatic hydroxyl groups is 1. The van der Waals surface area contributed by atoms with Crippen molar-refractivity contribution < 1.29 is 9.90 Å². The molecule has 7 heteroatoms. The van der Waals surface area contributed by atoms with Gasteiger partial charge in [0.2, 0.25) is 0 Å². The molecule has 1 saturated heterocycles. The number of carbonyl (C=O) groups is 1. The molecule has 1 aliphatic rings. The molecule has 0 saturated carbocycles. The minimum atomic E-state index is -0.245. The maximum absolute atomic E-state index is 12.0. The van der Waals surface area contributed by atoms with Gasteiger partial charge in [0.15, 0.2) is 5.17 Å². The fourth-order valence-corrected chi connectivity index (χ4v) is 3.10. The molecule has 1 fully saturated rings. The Bertz CT molecular complexity index is 850. The smallest absolute Gasteiger partial charge is 0.264 e. The maximum Gasteiger partial charge on any atom is 0.264 e. The van der Waals surface area contributed by atoms with Crippen LogP contribution in [0.2, 0.25) is 10.0 Å². The van der Waals surface area contributed by atoms with Crippen molar-refractivity contribution in [2.24, 2.45) is 4.99 Å². The van der Waals surface area contributed by atoms with E-state index in [1.54, 1.807) is 30.3 Å². The second kappa shape index (κ2) is 6.66. The number of benzene rings is 2. The van der Waals surface area contributed by atoms with Crippen molar-refractivity contribution >= 4 is 57.8 Å². The van der Waals surface area contributed by atoms with Gasteiger partial charge in [0.1, 0.15) is 5.75 Å². The second-order valence-electron chi connectivity index (χ2n) is 4.64. The van der Waals surface area contributed by atoms with Crippen molar-refractivity contribution in [3.05, 3.63) is 63.0 Å². The van der Waals surface area contributed by atoms with Gasteiger partial charge in [-0.1, -0.05) is 41.4 Å². The van der Waals surface area contributed by atoms with Crippen LogP contribution in [0.4, 0.5) is 5.69 Å². The van der Waals surface area contributed by atoms with Gasteiger partial charge < -0.3 is 10.4 Å². The summed E-state index contributed by atoms with van der Waals surface area (Å²) in [5.74, 6) is -0.247. The van der Waals surface area contributed by atoms with Crippen LogP contribution in [0.15, 0.2) is 52.4 Å². The molecule has 0 atom stereocenters. The first kappa shape index (κ1) is 15.9. The van der Waals surface area contributed by atoms with Crippen LogP contribution in [0.5, 0.6) is 5.75 Å². The number of aliphatic imine (C=N–C) groups is 1. The lowest BCUT2D eigenvalue weighted by molar-refractivity contribution is -0.115. The lowest BCUT2D eigenvalue weighted by atomic mass is 10.2. The molecule has 0 aromatic heterocycles. The van der Waals surface area contributed by atoms with Crippen LogP contribution in [-0.4, -0.2) is 16.2 Å².